The van der Waals surface area contributed by atoms with E-state index in [2.05, 4.69) is 145 Å². The Hall–Kier alpha value is -2.15. The first-order chi connectivity index (χ1) is 17.4. The summed E-state index contributed by atoms with van der Waals surface area (Å²) in [4.78, 5) is 0. The molecule has 4 rings (SSSR count). The van der Waals surface area contributed by atoms with Crippen LogP contribution in [-0.4, -0.2) is 15.4 Å². The summed E-state index contributed by atoms with van der Waals surface area (Å²) in [5.74, 6) is 1.60. The molecule has 1 atom stereocenters. The molecule has 0 fully saturated rings. The molecule has 0 saturated heterocycles. The van der Waals surface area contributed by atoms with Crippen molar-refractivity contribution < 1.29 is 0 Å². The summed E-state index contributed by atoms with van der Waals surface area (Å²) in [5.41, 5.74) is 6.18. The second-order valence-corrected chi connectivity index (χ2v) is 17.3. The van der Waals surface area contributed by atoms with Crippen LogP contribution in [0.1, 0.15) is 86.0 Å². The van der Waals surface area contributed by atoms with Crippen LogP contribution in [0.2, 0.25) is 0 Å². The van der Waals surface area contributed by atoms with Gasteiger partial charge >= 0.3 is 228 Å². The summed E-state index contributed by atoms with van der Waals surface area (Å²) in [6.07, 6.45) is 0. The summed E-state index contributed by atoms with van der Waals surface area (Å²) in [7, 11) is -1.04. The second-order valence-electron chi connectivity index (χ2n) is 10.7. The molecule has 2 radical (unpaired) electrons. The molecular weight excluding hydrogens is 512 g/mol. The fourth-order valence-electron chi connectivity index (χ4n) is 4.97. The molecule has 0 aliphatic heterocycles. The van der Waals surface area contributed by atoms with Gasteiger partial charge in [0.2, 0.25) is 0 Å². The van der Waals surface area contributed by atoms with Crippen molar-refractivity contribution in [3.8, 4) is 0 Å². The third kappa shape index (κ3) is 6.21. The van der Waals surface area contributed by atoms with Crippen molar-refractivity contribution in [2.45, 2.75) is 63.8 Å². The van der Waals surface area contributed by atoms with E-state index < -0.39 is 23.4 Å². The van der Waals surface area contributed by atoms with Gasteiger partial charge in [-0.1, -0.05) is 0 Å². The zero-order valence-electron chi connectivity index (χ0n) is 22.6. The van der Waals surface area contributed by atoms with Crippen LogP contribution in [0.4, 0.5) is 0 Å². The number of hydrogen-bond donors (Lipinski definition) is 0. The van der Waals surface area contributed by atoms with Crippen molar-refractivity contribution >= 4 is 38.4 Å². The average Bonchev–Trinajstić information content (AvgIpc) is 2.89. The van der Waals surface area contributed by atoms with Crippen molar-refractivity contribution in [1.29, 1.82) is 0 Å². The zero-order valence-corrected chi connectivity index (χ0v) is 25.7. The summed E-state index contributed by atoms with van der Waals surface area (Å²) in [6.45, 7) is 14.2. The summed E-state index contributed by atoms with van der Waals surface area (Å²) < 4.78 is 2.26. The Balaban J connectivity index is 1.95. The van der Waals surface area contributed by atoms with Gasteiger partial charge in [0.1, 0.15) is 0 Å². The van der Waals surface area contributed by atoms with Gasteiger partial charge in [-0.15, -0.1) is 0 Å². The molecule has 0 bridgehead atoms. The molecule has 0 amide bonds. The fraction of sp³-hybridized carbons (Fsp3) is 0.294. The van der Waals surface area contributed by atoms with E-state index in [1.54, 1.807) is 15.5 Å². The number of rotatable bonds is 9. The number of hydrogen-bond acceptors (Lipinski definition) is 0. The van der Waals surface area contributed by atoms with Crippen LogP contribution in [0.5, 0.6) is 0 Å². The van der Waals surface area contributed by atoms with E-state index in [-0.39, 0.29) is 0 Å². The molecular formula is C34H40GeP+. The van der Waals surface area contributed by atoms with Gasteiger partial charge in [0.15, 0.2) is 0 Å². The topological polar surface area (TPSA) is 0 Å². The van der Waals surface area contributed by atoms with Crippen LogP contribution in [0.25, 0.3) is 0 Å². The van der Waals surface area contributed by atoms with Crippen LogP contribution in [-0.2, 0) is 0 Å². The first-order valence-corrected chi connectivity index (χ1v) is 17.2. The molecule has 2 heteroatoms. The first-order valence-electron chi connectivity index (χ1n) is 13.3. The van der Waals surface area contributed by atoms with Gasteiger partial charge in [-0.3, -0.25) is 0 Å². The third-order valence-corrected chi connectivity index (χ3v) is 15.5. The molecule has 4 aromatic carbocycles. The van der Waals surface area contributed by atoms with Crippen molar-refractivity contribution in [1.82, 2.24) is 0 Å². The molecule has 0 saturated carbocycles. The van der Waals surface area contributed by atoms with E-state index in [1.165, 1.54) is 21.7 Å². The van der Waals surface area contributed by atoms with Crippen LogP contribution in [0.15, 0.2) is 103 Å². The van der Waals surface area contributed by atoms with Gasteiger partial charge in [-0.25, -0.2) is 0 Å². The van der Waals surface area contributed by atoms with E-state index >= 15 is 0 Å². The summed E-state index contributed by atoms with van der Waals surface area (Å²) in [6, 6.07) is 39.2. The Bertz CT molecular complexity index is 1160. The van der Waals surface area contributed by atoms with Crippen LogP contribution in [0, 0.1) is 0 Å². The normalized spacial score (nSPS) is 12.6. The van der Waals surface area contributed by atoms with Crippen molar-refractivity contribution in [3.63, 3.8) is 0 Å². The molecule has 0 aliphatic rings. The third-order valence-electron chi connectivity index (χ3n) is 7.01. The Morgan fingerprint density at radius 3 is 1.31 bits per heavy atom. The van der Waals surface area contributed by atoms with Crippen LogP contribution >= 0.6 is 7.92 Å². The molecule has 0 unspecified atom stereocenters. The van der Waals surface area contributed by atoms with Crippen molar-refractivity contribution in [2.24, 2.45) is 0 Å². The minimum absolute atomic E-state index is 0.495. The summed E-state index contributed by atoms with van der Waals surface area (Å²) >= 11 is -0.495. The van der Waals surface area contributed by atoms with Gasteiger partial charge in [-0.2, -0.15) is 0 Å². The Kier molecular flexibility index (Phi) is 9.26. The van der Waals surface area contributed by atoms with Gasteiger partial charge in [0.05, 0.1) is 0 Å². The van der Waals surface area contributed by atoms with Crippen LogP contribution < -0.4 is 15.0 Å². The van der Waals surface area contributed by atoms with E-state index in [4.69, 9.17) is 0 Å². The zero-order chi connectivity index (χ0) is 25.7. The van der Waals surface area contributed by atoms with E-state index in [1.807, 2.05) is 0 Å². The van der Waals surface area contributed by atoms with Crippen molar-refractivity contribution in [2.75, 3.05) is 0 Å². The number of benzene rings is 4. The maximum atomic E-state index is 2.54. The molecule has 0 aliphatic carbocycles. The average molecular weight is 552 g/mol. The molecule has 0 spiro atoms. The molecule has 36 heavy (non-hydrogen) atoms. The van der Waals surface area contributed by atoms with Crippen molar-refractivity contribution in [3.05, 3.63) is 125 Å². The fourth-order valence-corrected chi connectivity index (χ4v) is 15.1. The maximum absolute atomic E-state index is 2.54. The van der Waals surface area contributed by atoms with Crippen LogP contribution in [0.3, 0.4) is 0 Å². The van der Waals surface area contributed by atoms with Gasteiger partial charge in [-0.05, 0) is 0 Å². The Morgan fingerprint density at radius 2 is 0.917 bits per heavy atom. The molecule has 0 heterocycles. The molecule has 0 N–H and O–H groups in total. The quantitative estimate of drug-likeness (QED) is 0.146. The predicted molar refractivity (Wildman–Crippen MR) is 164 cm³/mol. The van der Waals surface area contributed by atoms with Gasteiger partial charge < -0.3 is 0 Å². The Labute approximate surface area is 226 Å². The van der Waals surface area contributed by atoms with Gasteiger partial charge in [0.25, 0.3) is 0 Å². The van der Waals surface area contributed by atoms with E-state index in [0.717, 1.165) is 0 Å². The van der Waals surface area contributed by atoms with Gasteiger partial charge in [0, 0.05) is 0 Å². The minimum atomic E-state index is -1.04. The molecule has 0 aromatic heterocycles. The first kappa shape index (κ1) is 26.9. The molecule has 4 aromatic rings. The monoisotopic (exact) mass is 553 g/mol. The SMILES string of the molecule is CC(C)c1cc(C(C)C)[c]([Ge][C@@H](c2ccccc2)[PH+](c2ccccc2)c2ccccc2)c(C(C)C)c1. The standard InChI is InChI=1S/C34H39GeP/c1-24(2)28-22-31(25(3)4)33(32(23-28)26(5)6)35-34(27-16-10-7-11-17-27)36(29-18-12-8-13-19-29)30-20-14-9-15-21-30/h7-26,34H,1-6H3/p+1/t34-/m1/s1. The van der Waals surface area contributed by atoms with E-state index in [0.29, 0.717) is 22.2 Å². The molecule has 0 nitrogen and oxygen atoms in total. The molecule has 184 valence electrons. The van der Waals surface area contributed by atoms with E-state index in [9.17, 15) is 0 Å². The second kappa shape index (κ2) is 12.4. The summed E-state index contributed by atoms with van der Waals surface area (Å²) in [5, 5.41) is 3.03. The predicted octanol–water partition coefficient (Wildman–Crippen LogP) is 7.95. The Morgan fingerprint density at radius 1 is 0.500 bits per heavy atom.